The quantitative estimate of drug-likeness (QED) is 0.797. The first-order valence-corrected chi connectivity index (χ1v) is 9.41. The van der Waals surface area contributed by atoms with Crippen molar-refractivity contribution < 1.29 is 4.79 Å². The third kappa shape index (κ3) is 3.77. The number of tetrazole rings is 1. The molecular formula is C17H23N5OS. The molecule has 1 aliphatic rings. The molecule has 0 bridgehead atoms. The summed E-state index contributed by atoms with van der Waals surface area (Å²) in [6, 6.07) is 6.11. The third-order valence-corrected chi connectivity index (χ3v) is 5.28. The van der Waals surface area contributed by atoms with Crippen LogP contribution in [0.1, 0.15) is 36.8 Å². The standard InChI is InChI=1S/C17H23N5OS/c1-13-8-7-9-14(2)16(13)22-17(18-19-20-22)24-12-15(23)21-10-5-3-4-6-11-21/h7-9H,3-6,10-12H2,1-2H3. The van der Waals surface area contributed by atoms with E-state index in [1.54, 1.807) is 4.68 Å². The molecule has 1 saturated heterocycles. The van der Waals surface area contributed by atoms with Crippen molar-refractivity contribution in [3.63, 3.8) is 0 Å². The van der Waals surface area contributed by atoms with Crippen molar-refractivity contribution in [2.24, 2.45) is 0 Å². The Morgan fingerprint density at radius 2 is 1.79 bits per heavy atom. The first kappa shape index (κ1) is 17.0. The summed E-state index contributed by atoms with van der Waals surface area (Å²) in [5.74, 6) is 0.559. The number of hydrogen-bond acceptors (Lipinski definition) is 5. The lowest BCUT2D eigenvalue weighted by atomic mass is 10.1. The van der Waals surface area contributed by atoms with Crippen LogP contribution in [0.15, 0.2) is 23.4 Å². The minimum Gasteiger partial charge on any atom is -0.342 e. The predicted molar refractivity (Wildman–Crippen MR) is 94.4 cm³/mol. The summed E-state index contributed by atoms with van der Waals surface area (Å²) in [5, 5.41) is 12.7. The average Bonchev–Trinajstić information content (AvgIpc) is 2.84. The van der Waals surface area contributed by atoms with Crippen LogP contribution < -0.4 is 0 Å². The van der Waals surface area contributed by atoms with E-state index in [0.717, 1.165) is 42.7 Å². The highest BCUT2D eigenvalue weighted by atomic mass is 32.2. The van der Waals surface area contributed by atoms with Crippen LogP contribution in [0.3, 0.4) is 0 Å². The number of aromatic nitrogens is 4. The molecule has 0 N–H and O–H groups in total. The second-order valence-corrected chi connectivity index (χ2v) is 7.14. The minimum absolute atomic E-state index is 0.179. The summed E-state index contributed by atoms with van der Waals surface area (Å²) in [5.41, 5.74) is 3.22. The van der Waals surface area contributed by atoms with Gasteiger partial charge in [-0.3, -0.25) is 4.79 Å². The maximum atomic E-state index is 12.5. The van der Waals surface area contributed by atoms with Crippen LogP contribution in [0, 0.1) is 13.8 Å². The van der Waals surface area contributed by atoms with E-state index in [4.69, 9.17) is 0 Å². The zero-order chi connectivity index (χ0) is 16.9. The molecule has 1 aromatic carbocycles. The molecule has 2 heterocycles. The van der Waals surface area contributed by atoms with Gasteiger partial charge in [0.25, 0.3) is 0 Å². The number of amides is 1. The van der Waals surface area contributed by atoms with Gasteiger partial charge in [0.15, 0.2) is 0 Å². The Bertz CT molecular complexity index is 687. The predicted octanol–water partition coefficient (Wildman–Crippen LogP) is 2.77. The monoisotopic (exact) mass is 345 g/mol. The average molecular weight is 345 g/mol. The zero-order valence-electron chi connectivity index (χ0n) is 14.2. The van der Waals surface area contributed by atoms with Gasteiger partial charge >= 0.3 is 0 Å². The molecule has 2 aromatic rings. The largest absolute Gasteiger partial charge is 0.342 e. The fraction of sp³-hybridized carbons (Fsp3) is 0.529. The molecule has 0 radical (unpaired) electrons. The normalized spacial score (nSPS) is 15.3. The second kappa shape index (κ2) is 7.79. The molecule has 1 amide bonds. The van der Waals surface area contributed by atoms with Crippen LogP contribution in [-0.4, -0.2) is 49.9 Å². The lowest BCUT2D eigenvalue weighted by Crippen LogP contribution is -2.33. The molecule has 1 aromatic heterocycles. The Labute approximate surface area is 146 Å². The van der Waals surface area contributed by atoms with E-state index in [0.29, 0.717) is 10.9 Å². The molecule has 0 aliphatic carbocycles. The number of likely N-dealkylation sites (tertiary alicyclic amines) is 1. The SMILES string of the molecule is Cc1cccc(C)c1-n1nnnc1SCC(=O)N1CCCCCC1. The number of hydrogen-bond donors (Lipinski definition) is 0. The van der Waals surface area contributed by atoms with Gasteiger partial charge in [0.1, 0.15) is 0 Å². The number of para-hydroxylation sites is 1. The second-order valence-electron chi connectivity index (χ2n) is 6.20. The van der Waals surface area contributed by atoms with Gasteiger partial charge in [-0.1, -0.05) is 42.8 Å². The van der Waals surface area contributed by atoms with Gasteiger partial charge in [-0.2, -0.15) is 4.68 Å². The molecule has 6 nitrogen and oxygen atoms in total. The minimum atomic E-state index is 0.179. The molecule has 1 aliphatic heterocycles. The van der Waals surface area contributed by atoms with Gasteiger partial charge < -0.3 is 4.90 Å². The van der Waals surface area contributed by atoms with Gasteiger partial charge in [-0.15, -0.1) is 5.10 Å². The van der Waals surface area contributed by atoms with Crippen LogP contribution in [-0.2, 0) is 4.79 Å². The Morgan fingerprint density at radius 3 is 2.46 bits per heavy atom. The molecule has 0 atom stereocenters. The Kier molecular flexibility index (Phi) is 5.50. The highest BCUT2D eigenvalue weighted by Gasteiger charge is 2.18. The summed E-state index contributed by atoms with van der Waals surface area (Å²) in [7, 11) is 0. The van der Waals surface area contributed by atoms with Crippen molar-refractivity contribution in [1.82, 2.24) is 25.1 Å². The van der Waals surface area contributed by atoms with E-state index < -0.39 is 0 Å². The Hall–Kier alpha value is -1.89. The van der Waals surface area contributed by atoms with Gasteiger partial charge in [0.05, 0.1) is 11.4 Å². The molecule has 3 rings (SSSR count). The lowest BCUT2D eigenvalue weighted by Gasteiger charge is -2.19. The number of carbonyl (C=O) groups excluding carboxylic acids is 1. The smallest absolute Gasteiger partial charge is 0.233 e. The Morgan fingerprint density at radius 1 is 1.12 bits per heavy atom. The van der Waals surface area contributed by atoms with E-state index >= 15 is 0 Å². The van der Waals surface area contributed by atoms with E-state index in [1.165, 1.54) is 24.6 Å². The van der Waals surface area contributed by atoms with Gasteiger partial charge in [0.2, 0.25) is 11.1 Å². The lowest BCUT2D eigenvalue weighted by molar-refractivity contribution is -0.128. The van der Waals surface area contributed by atoms with Gasteiger partial charge in [-0.05, 0) is 48.2 Å². The maximum absolute atomic E-state index is 12.5. The van der Waals surface area contributed by atoms with Crippen LogP contribution in [0.5, 0.6) is 0 Å². The Balaban J connectivity index is 1.71. The number of carbonyl (C=O) groups is 1. The third-order valence-electron chi connectivity index (χ3n) is 4.38. The van der Waals surface area contributed by atoms with Crippen molar-refractivity contribution in [2.75, 3.05) is 18.8 Å². The van der Waals surface area contributed by atoms with Crippen molar-refractivity contribution in [2.45, 2.75) is 44.7 Å². The van der Waals surface area contributed by atoms with Crippen LogP contribution in [0.4, 0.5) is 0 Å². The molecule has 128 valence electrons. The van der Waals surface area contributed by atoms with Crippen LogP contribution in [0.2, 0.25) is 0 Å². The van der Waals surface area contributed by atoms with Gasteiger partial charge in [-0.25, -0.2) is 0 Å². The molecule has 0 spiro atoms. The number of benzene rings is 1. The zero-order valence-corrected chi connectivity index (χ0v) is 15.1. The van der Waals surface area contributed by atoms with Crippen molar-refractivity contribution >= 4 is 17.7 Å². The first-order valence-electron chi connectivity index (χ1n) is 8.42. The van der Waals surface area contributed by atoms with E-state index in [2.05, 4.69) is 15.5 Å². The summed E-state index contributed by atoms with van der Waals surface area (Å²) in [4.78, 5) is 14.4. The molecule has 24 heavy (non-hydrogen) atoms. The maximum Gasteiger partial charge on any atom is 0.233 e. The fourth-order valence-corrected chi connectivity index (χ4v) is 3.87. The number of aryl methyl sites for hydroxylation is 2. The molecule has 7 heteroatoms. The van der Waals surface area contributed by atoms with E-state index in [-0.39, 0.29) is 5.91 Å². The summed E-state index contributed by atoms with van der Waals surface area (Å²) in [6.45, 7) is 5.84. The van der Waals surface area contributed by atoms with Gasteiger partial charge in [0, 0.05) is 13.1 Å². The highest BCUT2D eigenvalue weighted by molar-refractivity contribution is 7.99. The van der Waals surface area contributed by atoms with E-state index in [1.807, 2.05) is 36.9 Å². The fourth-order valence-electron chi connectivity index (χ4n) is 3.09. The first-order chi connectivity index (χ1) is 11.7. The van der Waals surface area contributed by atoms with Crippen molar-refractivity contribution in [3.05, 3.63) is 29.3 Å². The summed E-state index contributed by atoms with van der Waals surface area (Å²) < 4.78 is 1.74. The molecule has 0 saturated carbocycles. The molecule has 1 fully saturated rings. The number of thioether (sulfide) groups is 1. The van der Waals surface area contributed by atoms with Crippen molar-refractivity contribution in [3.8, 4) is 5.69 Å². The highest BCUT2D eigenvalue weighted by Crippen LogP contribution is 2.24. The molecule has 0 unspecified atom stereocenters. The van der Waals surface area contributed by atoms with Crippen LogP contribution >= 0.6 is 11.8 Å². The van der Waals surface area contributed by atoms with Crippen LogP contribution in [0.25, 0.3) is 5.69 Å². The summed E-state index contributed by atoms with van der Waals surface area (Å²) >= 11 is 1.41. The van der Waals surface area contributed by atoms with E-state index in [9.17, 15) is 4.79 Å². The topological polar surface area (TPSA) is 63.9 Å². The number of nitrogens with zero attached hydrogens (tertiary/aromatic N) is 5. The molecular weight excluding hydrogens is 322 g/mol. The summed E-state index contributed by atoms with van der Waals surface area (Å²) in [6.07, 6.45) is 4.66. The number of rotatable bonds is 4. The van der Waals surface area contributed by atoms with Crippen molar-refractivity contribution in [1.29, 1.82) is 0 Å².